The molecule has 130 valence electrons. The summed E-state index contributed by atoms with van der Waals surface area (Å²) in [7, 11) is 1.61. The van der Waals surface area contributed by atoms with Crippen molar-refractivity contribution < 1.29 is 22.7 Å². The Morgan fingerprint density at radius 1 is 1.33 bits per heavy atom. The molecule has 0 aliphatic rings. The van der Waals surface area contributed by atoms with E-state index in [1.807, 2.05) is 6.92 Å². The summed E-state index contributed by atoms with van der Waals surface area (Å²) < 4.78 is 41.5. The third kappa shape index (κ3) is 4.41. The van der Waals surface area contributed by atoms with Crippen LogP contribution in [0.2, 0.25) is 5.02 Å². The fourth-order valence-corrected chi connectivity index (χ4v) is 2.48. The number of benzene rings is 1. The van der Waals surface area contributed by atoms with Crippen LogP contribution < -0.4 is 10.1 Å². The molecule has 1 N–H and O–H groups in total. The van der Waals surface area contributed by atoms with Crippen molar-refractivity contribution in [1.82, 2.24) is 15.1 Å². The zero-order valence-corrected chi connectivity index (χ0v) is 13.7. The first-order chi connectivity index (χ1) is 11.2. The van der Waals surface area contributed by atoms with E-state index in [-0.39, 0.29) is 18.0 Å². The zero-order valence-electron chi connectivity index (χ0n) is 12.9. The number of ether oxygens (including phenoxy) is 1. The van der Waals surface area contributed by atoms with Crippen LogP contribution >= 0.6 is 11.6 Å². The van der Waals surface area contributed by atoms with Gasteiger partial charge in [0.25, 0.3) is 5.91 Å². The van der Waals surface area contributed by atoms with E-state index in [1.165, 1.54) is 28.9 Å². The third-order valence-corrected chi connectivity index (χ3v) is 3.61. The summed E-state index contributed by atoms with van der Waals surface area (Å²) >= 11 is 6.12. The summed E-state index contributed by atoms with van der Waals surface area (Å²) in [4.78, 5) is 12.2. The summed E-state index contributed by atoms with van der Waals surface area (Å²) in [6, 6.07) is 5.23. The van der Waals surface area contributed by atoms with Crippen LogP contribution in [0.4, 0.5) is 13.2 Å². The number of hydrogen-bond acceptors (Lipinski definition) is 3. The second kappa shape index (κ2) is 7.12. The second-order valence-electron chi connectivity index (χ2n) is 4.96. The number of nitrogens with one attached hydrogen (secondary N) is 1. The number of amides is 1. The van der Waals surface area contributed by atoms with E-state index in [4.69, 9.17) is 11.6 Å². The molecule has 9 heteroatoms. The van der Waals surface area contributed by atoms with Crippen molar-refractivity contribution in [2.45, 2.75) is 26.3 Å². The molecular weight excluding hydrogens is 347 g/mol. The lowest BCUT2D eigenvalue weighted by Gasteiger charge is -2.10. The molecule has 1 amide bonds. The van der Waals surface area contributed by atoms with Crippen LogP contribution in [0, 0.1) is 0 Å². The average Bonchev–Trinajstić information content (AvgIpc) is 2.79. The fraction of sp³-hybridized carbons (Fsp3) is 0.333. The van der Waals surface area contributed by atoms with Crippen molar-refractivity contribution in [3.63, 3.8) is 0 Å². The Kier molecular flexibility index (Phi) is 5.38. The Labute approximate surface area is 141 Å². The minimum atomic E-state index is -4.73. The maximum absolute atomic E-state index is 12.2. The Bertz CT molecular complexity index is 727. The number of aryl methyl sites for hydroxylation is 2. The number of carbonyl (C=O) groups excluding carboxylic acids is 1. The normalized spacial score (nSPS) is 11.4. The Morgan fingerprint density at radius 2 is 1.96 bits per heavy atom. The van der Waals surface area contributed by atoms with Crippen molar-refractivity contribution >= 4 is 17.5 Å². The summed E-state index contributed by atoms with van der Waals surface area (Å²) in [6.45, 7) is 2.01. The van der Waals surface area contributed by atoms with Crippen LogP contribution in [0.3, 0.4) is 0 Å². The molecule has 0 fully saturated rings. The lowest BCUT2D eigenvalue weighted by Crippen LogP contribution is -2.25. The molecule has 2 aromatic rings. The van der Waals surface area contributed by atoms with Gasteiger partial charge in [0, 0.05) is 13.6 Å². The molecule has 0 saturated carbocycles. The fourth-order valence-electron chi connectivity index (χ4n) is 2.10. The standard InChI is InChI=1S/C15H15ClF3N3O2/c1-3-11-12(16)13(22(2)21-11)14(23)20-8-9-4-6-10(7-5-9)24-15(17,18)19/h4-7H,3,8H2,1-2H3,(H,20,23). The first-order valence-electron chi connectivity index (χ1n) is 7.05. The van der Waals surface area contributed by atoms with Gasteiger partial charge in [-0.1, -0.05) is 30.7 Å². The van der Waals surface area contributed by atoms with Gasteiger partial charge in [0.1, 0.15) is 11.4 Å². The maximum atomic E-state index is 12.2. The molecule has 0 unspecified atom stereocenters. The van der Waals surface area contributed by atoms with Crippen molar-refractivity contribution in [3.8, 4) is 5.75 Å². The molecule has 0 aliphatic carbocycles. The van der Waals surface area contributed by atoms with Gasteiger partial charge in [0.15, 0.2) is 0 Å². The summed E-state index contributed by atoms with van der Waals surface area (Å²) in [6.07, 6.45) is -4.14. The van der Waals surface area contributed by atoms with E-state index < -0.39 is 12.3 Å². The zero-order chi connectivity index (χ0) is 17.9. The van der Waals surface area contributed by atoms with Crippen LogP contribution in [0.1, 0.15) is 28.7 Å². The number of aromatic nitrogens is 2. The van der Waals surface area contributed by atoms with Gasteiger partial charge in [0.2, 0.25) is 0 Å². The van der Waals surface area contributed by atoms with E-state index in [9.17, 15) is 18.0 Å². The molecule has 1 heterocycles. The quantitative estimate of drug-likeness (QED) is 0.887. The van der Waals surface area contributed by atoms with E-state index in [0.29, 0.717) is 22.7 Å². The Hall–Kier alpha value is -2.22. The average molecular weight is 362 g/mol. The van der Waals surface area contributed by atoms with Crippen LogP contribution in [-0.2, 0) is 20.0 Å². The molecule has 0 radical (unpaired) electrons. The highest BCUT2D eigenvalue weighted by Gasteiger charge is 2.30. The summed E-state index contributed by atoms with van der Waals surface area (Å²) in [5, 5.41) is 7.10. The lowest BCUT2D eigenvalue weighted by molar-refractivity contribution is -0.274. The molecule has 0 bridgehead atoms. The summed E-state index contributed by atoms with van der Waals surface area (Å²) in [5.74, 6) is -0.731. The highest BCUT2D eigenvalue weighted by atomic mass is 35.5. The molecule has 24 heavy (non-hydrogen) atoms. The van der Waals surface area contributed by atoms with Crippen LogP contribution in [0.5, 0.6) is 5.75 Å². The van der Waals surface area contributed by atoms with Gasteiger partial charge in [-0.3, -0.25) is 9.48 Å². The number of halogens is 4. The van der Waals surface area contributed by atoms with Crippen LogP contribution in [0.15, 0.2) is 24.3 Å². The van der Waals surface area contributed by atoms with E-state index in [1.54, 1.807) is 7.05 Å². The largest absolute Gasteiger partial charge is 0.573 e. The van der Waals surface area contributed by atoms with E-state index in [2.05, 4.69) is 15.2 Å². The first-order valence-corrected chi connectivity index (χ1v) is 7.43. The molecule has 1 aromatic carbocycles. The van der Waals surface area contributed by atoms with Gasteiger partial charge >= 0.3 is 6.36 Å². The Morgan fingerprint density at radius 3 is 2.46 bits per heavy atom. The molecule has 0 aliphatic heterocycles. The topological polar surface area (TPSA) is 56.2 Å². The minimum absolute atomic E-state index is 0.133. The molecule has 5 nitrogen and oxygen atoms in total. The van der Waals surface area contributed by atoms with Gasteiger partial charge in [-0.15, -0.1) is 13.2 Å². The number of alkyl halides is 3. The number of hydrogen-bond donors (Lipinski definition) is 1. The van der Waals surface area contributed by atoms with Gasteiger partial charge in [-0.2, -0.15) is 5.10 Å². The van der Waals surface area contributed by atoms with Crippen LogP contribution in [0.25, 0.3) is 0 Å². The molecule has 0 atom stereocenters. The highest BCUT2D eigenvalue weighted by Crippen LogP contribution is 2.23. The van der Waals surface area contributed by atoms with Gasteiger partial charge in [-0.05, 0) is 24.1 Å². The van der Waals surface area contributed by atoms with Crippen molar-refractivity contribution in [2.75, 3.05) is 0 Å². The van der Waals surface area contributed by atoms with Gasteiger partial charge in [-0.25, -0.2) is 0 Å². The first kappa shape index (κ1) is 18.1. The number of nitrogens with zero attached hydrogens (tertiary/aromatic N) is 2. The monoisotopic (exact) mass is 361 g/mol. The second-order valence-corrected chi connectivity index (χ2v) is 5.34. The number of rotatable bonds is 5. The van der Waals surface area contributed by atoms with Gasteiger partial charge in [0.05, 0.1) is 10.7 Å². The predicted molar refractivity (Wildman–Crippen MR) is 81.9 cm³/mol. The highest BCUT2D eigenvalue weighted by molar-refractivity contribution is 6.34. The molecule has 2 rings (SSSR count). The molecular formula is C15H15ClF3N3O2. The lowest BCUT2D eigenvalue weighted by atomic mass is 10.2. The van der Waals surface area contributed by atoms with E-state index in [0.717, 1.165) is 0 Å². The van der Waals surface area contributed by atoms with Gasteiger partial charge < -0.3 is 10.1 Å². The molecule has 0 spiro atoms. The maximum Gasteiger partial charge on any atom is 0.573 e. The summed E-state index contributed by atoms with van der Waals surface area (Å²) in [5.41, 5.74) is 1.48. The van der Waals surface area contributed by atoms with E-state index >= 15 is 0 Å². The molecule has 1 aromatic heterocycles. The third-order valence-electron chi connectivity index (χ3n) is 3.22. The van der Waals surface area contributed by atoms with Crippen molar-refractivity contribution in [2.24, 2.45) is 7.05 Å². The molecule has 0 saturated heterocycles. The van der Waals surface area contributed by atoms with Crippen LogP contribution in [-0.4, -0.2) is 22.1 Å². The van der Waals surface area contributed by atoms with Crippen molar-refractivity contribution in [1.29, 1.82) is 0 Å². The smallest absolute Gasteiger partial charge is 0.406 e. The SMILES string of the molecule is CCc1nn(C)c(C(=O)NCc2ccc(OC(F)(F)F)cc2)c1Cl. The van der Waals surface area contributed by atoms with Crippen molar-refractivity contribution in [3.05, 3.63) is 46.2 Å². The Balaban J connectivity index is 2.01. The number of carbonyl (C=O) groups is 1. The minimum Gasteiger partial charge on any atom is -0.406 e. The predicted octanol–water partition coefficient (Wildman–Crippen LogP) is 3.46.